The fourth-order valence-corrected chi connectivity index (χ4v) is 3.04. The number of hydrogen-bond acceptors (Lipinski definition) is 3. The fraction of sp³-hybridized carbons (Fsp3) is 0.200. The predicted octanol–water partition coefficient (Wildman–Crippen LogP) is 4.39. The minimum absolute atomic E-state index is 0.254. The molecule has 5 nitrogen and oxygen atoms in total. The van der Waals surface area contributed by atoms with E-state index in [0.29, 0.717) is 11.3 Å². The average Bonchev–Trinajstić information content (AvgIpc) is 2.55. The summed E-state index contributed by atoms with van der Waals surface area (Å²) in [6.45, 7) is 5.21. The molecule has 0 spiro atoms. The van der Waals surface area contributed by atoms with Gasteiger partial charge in [0.15, 0.2) is 0 Å². The molecular formula is C20H19NO4. The monoisotopic (exact) mass is 337 g/mol. The molecule has 0 atom stereocenters. The van der Waals surface area contributed by atoms with Gasteiger partial charge in [-0.3, -0.25) is 5.32 Å². The highest BCUT2D eigenvalue weighted by atomic mass is 16.6. The first-order valence-electron chi connectivity index (χ1n) is 7.94. The fourth-order valence-electron chi connectivity index (χ4n) is 3.04. The van der Waals surface area contributed by atoms with Gasteiger partial charge in [0.2, 0.25) is 0 Å². The smallest absolute Gasteiger partial charge is 0.412 e. The highest BCUT2D eigenvalue weighted by Gasteiger charge is 2.33. The number of cyclic esters (lactones) is 1. The van der Waals surface area contributed by atoms with Crippen LogP contribution in [0.1, 0.15) is 37.5 Å². The predicted molar refractivity (Wildman–Crippen MR) is 95.3 cm³/mol. The number of amides is 1. The third kappa shape index (κ3) is 3.13. The summed E-state index contributed by atoms with van der Waals surface area (Å²) in [7, 11) is 0. The molecule has 0 aliphatic carbocycles. The van der Waals surface area contributed by atoms with Crippen LogP contribution in [0, 0.1) is 0 Å². The molecule has 1 heterocycles. The van der Waals surface area contributed by atoms with Gasteiger partial charge in [0, 0.05) is 11.1 Å². The van der Waals surface area contributed by atoms with Crippen molar-refractivity contribution in [3.8, 4) is 0 Å². The van der Waals surface area contributed by atoms with Gasteiger partial charge in [0.1, 0.15) is 5.60 Å². The van der Waals surface area contributed by atoms with Crippen molar-refractivity contribution in [1.82, 2.24) is 0 Å². The lowest BCUT2D eigenvalue weighted by Crippen LogP contribution is -2.34. The van der Waals surface area contributed by atoms with E-state index in [1.54, 1.807) is 13.0 Å². The number of ether oxygens (including phenoxy) is 1. The van der Waals surface area contributed by atoms with Gasteiger partial charge in [-0.25, -0.2) is 9.59 Å². The van der Waals surface area contributed by atoms with Gasteiger partial charge in [-0.15, -0.1) is 0 Å². The van der Waals surface area contributed by atoms with Gasteiger partial charge in [-0.2, -0.15) is 0 Å². The number of carbonyl (C=O) groups is 2. The van der Waals surface area contributed by atoms with Crippen LogP contribution in [0.2, 0.25) is 0 Å². The summed E-state index contributed by atoms with van der Waals surface area (Å²) in [6.07, 6.45) is -0.495. The molecule has 2 aromatic carbocycles. The van der Waals surface area contributed by atoms with E-state index in [2.05, 4.69) is 5.32 Å². The Kier molecular flexibility index (Phi) is 4.08. The SMILES string of the molecule is CC(C(=O)O)=C(c1ccccc1)c1ccc2c(c1)C(C)(C)OC(=O)N2. The minimum Gasteiger partial charge on any atom is -0.478 e. The molecule has 0 saturated heterocycles. The standard InChI is InChI=1S/C20H19NO4/c1-12(18(22)23)17(13-7-5-4-6-8-13)14-9-10-16-15(11-14)20(2,3)25-19(24)21-16/h4-11H,1-3H3,(H,21,24)(H,22,23). The second kappa shape index (κ2) is 6.09. The summed E-state index contributed by atoms with van der Waals surface area (Å²) in [5.41, 5.74) is 3.15. The van der Waals surface area contributed by atoms with Crippen molar-refractivity contribution < 1.29 is 19.4 Å². The quantitative estimate of drug-likeness (QED) is 0.815. The molecule has 25 heavy (non-hydrogen) atoms. The number of nitrogens with one attached hydrogen (secondary N) is 1. The van der Waals surface area contributed by atoms with Crippen molar-refractivity contribution >= 4 is 23.3 Å². The number of carboxylic acids is 1. The summed E-state index contributed by atoms with van der Waals surface area (Å²) in [4.78, 5) is 23.3. The zero-order valence-corrected chi connectivity index (χ0v) is 14.3. The van der Waals surface area contributed by atoms with Crippen LogP contribution in [-0.4, -0.2) is 17.2 Å². The summed E-state index contributed by atoms with van der Waals surface area (Å²) in [5, 5.41) is 12.2. The van der Waals surface area contributed by atoms with E-state index < -0.39 is 17.7 Å². The molecule has 0 radical (unpaired) electrons. The lowest BCUT2D eigenvalue weighted by Gasteiger charge is -2.33. The Hall–Kier alpha value is -3.08. The zero-order chi connectivity index (χ0) is 18.2. The first kappa shape index (κ1) is 16.8. The normalized spacial score (nSPS) is 16.2. The maximum absolute atomic E-state index is 11.7. The van der Waals surface area contributed by atoms with Crippen LogP contribution in [-0.2, 0) is 15.1 Å². The summed E-state index contributed by atoms with van der Waals surface area (Å²) in [6, 6.07) is 14.9. The van der Waals surface area contributed by atoms with Crippen LogP contribution in [0.3, 0.4) is 0 Å². The van der Waals surface area contributed by atoms with Gasteiger partial charge in [-0.1, -0.05) is 36.4 Å². The number of anilines is 1. The van der Waals surface area contributed by atoms with Gasteiger partial charge in [-0.05, 0) is 49.6 Å². The van der Waals surface area contributed by atoms with Crippen LogP contribution in [0.15, 0.2) is 54.1 Å². The van der Waals surface area contributed by atoms with Crippen molar-refractivity contribution in [2.24, 2.45) is 0 Å². The number of hydrogen-bond donors (Lipinski definition) is 2. The second-order valence-electron chi connectivity index (χ2n) is 6.46. The maximum atomic E-state index is 11.7. The summed E-state index contributed by atoms with van der Waals surface area (Å²) < 4.78 is 5.37. The molecule has 0 saturated carbocycles. The Balaban J connectivity index is 2.21. The van der Waals surface area contributed by atoms with Gasteiger partial charge >= 0.3 is 12.1 Å². The summed E-state index contributed by atoms with van der Waals surface area (Å²) in [5.74, 6) is -0.972. The summed E-state index contributed by atoms with van der Waals surface area (Å²) >= 11 is 0. The molecule has 128 valence electrons. The molecular weight excluding hydrogens is 318 g/mol. The molecule has 1 amide bonds. The second-order valence-corrected chi connectivity index (χ2v) is 6.46. The maximum Gasteiger partial charge on any atom is 0.412 e. The van der Waals surface area contributed by atoms with Crippen LogP contribution in [0.25, 0.3) is 5.57 Å². The number of fused-ring (bicyclic) bond motifs is 1. The molecule has 2 N–H and O–H groups in total. The van der Waals surface area contributed by atoms with E-state index in [0.717, 1.165) is 16.7 Å². The number of carboxylic acid groups (broad SMARTS) is 1. The number of carbonyl (C=O) groups excluding carboxylic acids is 1. The van der Waals surface area contributed by atoms with Gasteiger partial charge < -0.3 is 9.84 Å². The van der Waals surface area contributed by atoms with E-state index in [1.807, 2.05) is 56.3 Å². The van der Waals surface area contributed by atoms with Gasteiger partial charge in [0.25, 0.3) is 0 Å². The number of rotatable bonds is 3. The molecule has 0 aromatic heterocycles. The molecule has 2 aromatic rings. The molecule has 1 aliphatic heterocycles. The number of benzene rings is 2. The van der Waals surface area contributed by atoms with E-state index in [4.69, 9.17) is 4.74 Å². The Morgan fingerprint density at radius 1 is 1.08 bits per heavy atom. The zero-order valence-electron chi connectivity index (χ0n) is 14.3. The van der Waals surface area contributed by atoms with Crippen LogP contribution >= 0.6 is 0 Å². The first-order chi connectivity index (χ1) is 11.8. The van der Waals surface area contributed by atoms with E-state index in [1.165, 1.54) is 0 Å². The van der Waals surface area contributed by atoms with Crippen molar-refractivity contribution in [3.05, 3.63) is 70.8 Å². The average molecular weight is 337 g/mol. The van der Waals surface area contributed by atoms with Crippen molar-refractivity contribution in [1.29, 1.82) is 0 Å². The van der Waals surface area contributed by atoms with E-state index in [9.17, 15) is 14.7 Å². The molecule has 0 bridgehead atoms. The lowest BCUT2D eigenvalue weighted by molar-refractivity contribution is -0.132. The van der Waals surface area contributed by atoms with Crippen molar-refractivity contribution in [2.75, 3.05) is 5.32 Å². The molecule has 5 heteroatoms. The van der Waals surface area contributed by atoms with E-state index >= 15 is 0 Å². The highest BCUT2D eigenvalue weighted by Crippen LogP contribution is 2.38. The number of aliphatic carboxylic acids is 1. The van der Waals surface area contributed by atoms with Gasteiger partial charge in [0.05, 0.1) is 5.69 Å². The Morgan fingerprint density at radius 2 is 1.76 bits per heavy atom. The Bertz CT molecular complexity index is 882. The highest BCUT2D eigenvalue weighted by molar-refractivity contribution is 6.01. The van der Waals surface area contributed by atoms with E-state index in [-0.39, 0.29) is 5.57 Å². The Morgan fingerprint density at radius 3 is 2.40 bits per heavy atom. The van der Waals surface area contributed by atoms with Crippen LogP contribution in [0.5, 0.6) is 0 Å². The molecule has 0 unspecified atom stereocenters. The van der Waals surface area contributed by atoms with Crippen molar-refractivity contribution in [2.45, 2.75) is 26.4 Å². The lowest BCUT2D eigenvalue weighted by atomic mass is 9.87. The third-order valence-electron chi connectivity index (χ3n) is 4.30. The topological polar surface area (TPSA) is 75.6 Å². The van der Waals surface area contributed by atoms with Crippen molar-refractivity contribution in [3.63, 3.8) is 0 Å². The third-order valence-corrected chi connectivity index (χ3v) is 4.30. The Labute approximate surface area is 145 Å². The first-order valence-corrected chi connectivity index (χ1v) is 7.94. The largest absolute Gasteiger partial charge is 0.478 e. The molecule has 0 fully saturated rings. The van der Waals surface area contributed by atoms with Crippen LogP contribution < -0.4 is 5.32 Å². The molecule has 3 rings (SSSR count). The van der Waals surface area contributed by atoms with Crippen LogP contribution in [0.4, 0.5) is 10.5 Å². The molecule has 1 aliphatic rings. The minimum atomic E-state index is -0.972.